The van der Waals surface area contributed by atoms with Crippen LogP contribution in [0.3, 0.4) is 0 Å². The molecule has 0 spiro atoms. The molecule has 16 amide bonds. The van der Waals surface area contributed by atoms with E-state index in [0.717, 1.165) is 92.2 Å². The van der Waals surface area contributed by atoms with Gasteiger partial charge in [0.25, 0.3) is 47.3 Å². The number of likely N-dealkylation sites (N-methyl/N-ethyl adjacent to an activating group) is 2. The van der Waals surface area contributed by atoms with Crippen LogP contribution in [0, 0.1) is 47.4 Å². The van der Waals surface area contributed by atoms with Gasteiger partial charge in [0.15, 0.2) is 17.5 Å². The van der Waals surface area contributed by atoms with Gasteiger partial charge in [0.1, 0.15) is 23.0 Å². The molecule has 0 aliphatic carbocycles. The molecule has 7 aromatic carbocycles. The van der Waals surface area contributed by atoms with E-state index >= 15 is 0 Å². The third-order valence-corrected chi connectivity index (χ3v) is 26.6. The number of methoxy groups -OCH3 is 4. The molecule has 752 valence electrons. The summed E-state index contributed by atoms with van der Waals surface area (Å²) in [4.78, 5) is 173. The van der Waals surface area contributed by atoms with Crippen LogP contribution in [0.5, 0.6) is 23.0 Å². The maximum absolute atomic E-state index is 13.3. The Morgan fingerprint density at radius 2 is 0.658 bits per heavy atom. The van der Waals surface area contributed by atoms with E-state index < -0.39 is 69.9 Å². The molecular formula is C105H107N21O20. The molecule has 0 radical (unpaired) electrons. The van der Waals surface area contributed by atoms with Gasteiger partial charge in [0, 0.05) is 159 Å². The number of ether oxygens (including phenoxy) is 5. The van der Waals surface area contributed by atoms with E-state index in [9.17, 15) is 73.2 Å². The normalized spacial score (nSPS) is 21.3. The van der Waals surface area contributed by atoms with E-state index in [2.05, 4.69) is 139 Å². The van der Waals surface area contributed by atoms with E-state index in [4.69, 9.17) is 23.7 Å². The van der Waals surface area contributed by atoms with Crippen molar-refractivity contribution in [1.82, 2.24) is 91.6 Å². The number of rotatable bonds is 15. The van der Waals surface area contributed by atoms with Gasteiger partial charge in [-0.05, 0) is 227 Å². The van der Waals surface area contributed by atoms with Crippen molar-refractivity contribution in [1.29, 1.82) is 0 Å². The van der Waals surface area contributed by atoms with E-state index in [1.54, 1.807) is 154 Å². The number of nitrogens with one attached hydrogen (secondary N) is 8. The Labute approximate surface area is 840 Å². The van der Waals surface area contributed by atoms with Crippen LogP contribution in [0.4, 0.5) is 19.2 Å². The molecule has 7 saturated heterocycles. The molecule has 0 unspecified atom stereocenters. The highest BCUT2D eigenvalue weighted by Crippen LogP contribution is 2.33. The molecule has 8 aromatic rings. The first-order valence-electron chi connectivity index (χ1n) is 47.2. The van der Waals surface area contributed by atoms with Crippen LogP contribution in [-0.4, -0.2) is 349 Å². The van der Waals surface area contributed by atoms with Crippen LogP contribution in [0.1, 0.15) is 109 Å². The number of urea groups is 4. The first-order chi connectivity index (χ1) is 70.5. The molecular weight excluding hydrogens is 1880 g/mol. The minimum atomic E-state index is -1.60. The molecule has 0 saturated carbocycles. The van der Waals surface area contributed by atoms with Crippen molar-refractivity contribution in [2.24, 2.45) is 15.5 Å². The highest BCUT2D eigenvalue weighted by molar-refractivity contribution is 6.13. The van der Waals surface area contributed by atoms with E-state index in [1.165, 1.54) is 21.8 Å². The zero-order valence-electron chi connectivity index (χ0n) is 80.9. The van der Waals surface area contributed by atoms with Gasteiger partial charge in [0.05, 0.1) is 67.8 Å². The maximum atomic E-state index is 13.3. The quantitative estimate of drug-likeness (QED) is 0.0175. The van der Waals surface area contributed by atoms with Crippen LogP contribution in [0.2, 0.25) is 0 Å². The lowest BCUT2D eigenvalue weighted by molar-refractivity contribution is -0.123. The summed E-state index contributed by atoms with van der Waals surface area (Å²) in [6.45, 7) is 10.2. The van der Waals surface area contributed by atoms with Crippen molar-refractivity contribution in [3.63, 3.8) is 0 Å². The lowest BCUT2D eigenvalue weighted by Gasteiger charge is -2.34. The lowest BCUT2D eigenvalue weighted by Crippen LogP contribution is -2.56. The molecule has 4 atom stereocenters. The number of imide groups is 4. The van der Waals surface area contributed by atoms with Crippen LogP contribution < -0.4 is 61.5 Å². The molecule has 41 heteroatoms. The molecule has 11 aliphatic rings. The summed E-state index contributed by atoms with van der Waals surface area (Å²) in [5.41, 5.74) is 3.93. The van der Waals surface area contributed by atoms with Gasteiger partial charge in [-0.25, -0.2) is 19.2 Å². The van der Waals surface area contributed by atoms with Gasteiger partial charge < -0.3 is 105 Å². The summed E-state index contributed by atoms with van der Waals surface area (Å²) < 4.78 is 26.4. The van der Waals surface area contributed by atoms with Gasteiger partial charge in [-0.1, -0.05) is 68.9 Å². The minimum Gasteiger partial charge on any atom is -0.497 e. The summed E-state index contributed by atoms with van der Waals surface area (Å²) >= 11 is 0. The van der Waals surface area contributed by atoms with Crippen molar-refractivity contribution in [3.8, 4) is 70.4 Å². The van der Waals surface area contributed by atoms with Crippen molar-refractivity contribution >= 4 is 88.9 Å². The summed E-state index contributed by atoms with van der Waals surface area (Å²) in [6, 6.07) is 43.4. The molecule has 11 aliphatic heterocycles. The number of pyridine rings is 1. The van der Waals surface area contributed by atoms with Gasteiger partial charge in [-0.3, -0.25) is 64.6 Å². The predicted molar refractivity (Wildman–Crippen MR) is 529 cm³/mol. The zero-order valence-corrected chi connectivity index (χ0v) is 80.9. The molecule has 1 aromatic heterocycles. The maximum Gasteiger partial charge on any atom is 0.323 e. The van der Waals surface area contributed by atoms with Crippen molar-refractivity contribution in [2.45, 2.75) is 54.3 Å². The van der Waals surface area contributed by atoms with Gasteiger partial charge in [-0.15, -0.1) is 0 Å². The fourth-order valence-corrected chi connectivity index (χ4v) is 18.4. The number of oxime groups is 3. The fourth-order valence-electron chi connectivity index (χ4n) is 18.4. The molecule has 146 heavy (non-hydrogen) atoms. The SMILES string of the molecule is COc1ccc2c(c1)C(=O)N(C[C@@]1(C#Cc3cccnc3)NC(=O)NC1=O)CC2.COc1ccc2c(c1)CCN(C[C@@]1(C#Cc3ccc(C(=NO)N4CCCN(C)CC4)cc3)NC(=O)NC1=O)C2=O.COc1ccc2c(c1)CCN(C[C@@]1(C#Cc3ccc(C(=NO)N4CCN(C)CC4)cc3)NC(=O)NC1=O)C2=O.COc1ccc2c(c1)CCN(C[C@@]1(C#Cc3ccc(C(=NO)N4CCOCC4)cc3)NC(=O)NC1=O)C2=O. The van der Waals surface area contributed by atoms with Crippen LogP contribution in [0.25, 0.3) is 0 Å². The summed E-state index contributed by atoms with van der Waals surface area (Å²) in [5.74, 6) is 24.1. The highest BCUT2D eigenvalue weighted by Gasteiger charge is 2.52. The average molecular weight is 1980 g/mol. The fraction of sp³-hybridized carbons (Fsp3) is 0.333. The number of piperazine rings is 1. The number of morpholine rings is 1. The number of hydrogen-bond acceptors (Lipinski definition) is 26. The number of nitrogens with zero attached hydrogens (tertiary/aromatic N) is 13. The summed E-state index contributed by atoms with van der Waals surface area (Å²) in [6.07, 6.45) is 6.52. The second kappa shape index (κ2) is 44.7. The zero-order chi connectivity index (χ0) is 103. The molecule has 19 rings (SSSR count). The van der Waals surface area contributed by atoms with Crippen molar-refractivity contribution in [3.05, 3.63) is 254 Å². The molecule has 0 bridgehead atoms. The number of carbonyl (C=O) groups is 12. The third kappa shape index (κ3) is 22.8. The Hall–Kier alpha value is -17.5. The van der Waals surface area contributed by atoms with E-state index in [-0.39, 0.29) is 49.8 Å². The molecule has 11 N–H and O–H groups in total. The van der Waals surface area contributed by atoms with E-state index in [1.807, 2.05) is 52.3 Å². The Morgan fingerprint density at radius 1 is 0.349 bits per heavy atom. The lowest BCUT2D eigenvalue weighted by atomic mass is 9.94. The Kier molecular flexibility index (Phi) is 31.1. The van der Waals surface area contributed by atoms with Crippen molar-refractivity contribution < 1.29 is 96.8 Å². The first kappa shape index (κ1) is 101. The topological polar surface area (TPSA) is 487 Å². The monoisotopic (exact) mass is 1980 g/mol. The second-order valence-electron chi connectivity index (χ2n) is 36.0. The standard InChI is InChI=1S/C29H32N6O5.C28H30N6O5.C27H27N5O6.C21H18N4O4/c1-33-13-3-14-34(17-16-33)25(32-39)21-6-4-20(5-7-21)10-12-29(27(37)30-28(38)31-29)19-35-15-11-22-18-23(40-2)8-9-24(22)26(35)36;1-32-13-15-33(16-14-32)24(31-38)20-5-3-19(4-6-20)9-11-28(26(36)29-27(37)30-28)18-34-12-10-21-17-22(39-2)7-8-23(21)25(34)35;1-37-21-6-7-22-20(16-21)9-11-32(24(22)33)17-27(25(34)28-26(35)29-27)10-8-18-2-4-19(5-3-18)23(30-36)31-12-14-38-15-13-31;1-29-16-5-4-15-7-10-25(18(26)17(15)11-16)13-21(19(27)23-20(28)24-21)8-6-14-3-2-9-22-12-14/h4-9,18,39H,3,11,13-17,19H2,1-2H3,(H2,30,31,37,38);3-8,17,38H,10,12-16,18H2,1-2H3,(H2,29,30,36,37);2-7,16,36H,9,11-15,17H2,1H3,(H2,28,29,34,35);2-5,9,11-12H,7,10,13H2,1H3,(H2,23,24,27,28)/t29-;28-;27-;21-/m1111/s1. The number of benzene rings is 7. The second-order valence-corrected chi connectivity index (χ2v) is 36.0. The third-order valence-electron chi connectivity index (χ3n) is 26.6. The number of aromatic nitrogens is 1. The highest BCUT2D eigenvalue weighted by atomic mass is 16.5. The molecule has 12 heterocycles. The summed E-state index contributed by atoms with van der Waals surface area (Å²) in [5, 5.41) is 58.9. The molecule has 7 fully saturated rings. The number of amidine groups is 3. The van der Waals surface area contributed by atoms with Gasteiger partial charge in [0.2, 0.25) is 22.2 Å². The number of fused-ring (bicyclic) bond motifs is 4. The Balaban J connectivity index is 0.000000140. The van der Waals surface area contributed by atoms with Gasteiger partial charge >= 0.3 is 24.1 Å². The number of amides is 16. The predicted octanol–water partition coefficient (Wildman–Crippen LogP) is 3.31. The van der Waals surface area contributed by atoms with Crippen LogP contribution in [-0.2, 0) is 49.6 Å². The summed E-state index contributed by atoms with van der Waals surface area (Å²) in [7, 11) is 10.4. The number of carbonyl (C=O) groups excluding carboxylic acids is 12. The van der Waals surface area contributed by atoms with Gasteiger partial charge in [-0.2, -0.15) is 0 Å². The first-order valence-corrected chi connectivity index (χ1v) is 47.2. The smallest absolute Gasteiger partial charge is 0.323 e. The Morgan fingerprint density at radius 3 is 0.979 bits per heavy atom. The molecule has 41 nitrogen and oxygen atoms in total. The number of hydrogen-bond donors (Lipinski definition) is 11. The minimum absolute atomic E-state index is 0.0622. The average Bonchev–Trinajstić information content (AvgIpc) is 1.57. The van der Waals surface area contributed by atoms with E-state index in [0.29, 0.717) is 169 Å². The largest absolute Gasteiger partial charge is 0.497 e. The van der Waals surface area contributed by atoms with Crippen LogP contribution >= 0.6 is 0 Å². The van der Waals surface area contributed by atoms with Crippen molar-refractivity contribution in [2.75, 3.05) is 174 Å². The Bertz CT molecular complexity index is 6820. The van der Waals surface area contributed by atoms with Crippen LogP contribution in [0.15, 0.2) is 186 Å².